The van der Waals surface area contributed by atoms with Crippen molar-refractivity contribution in [3.05, 3.63) is 29.7 Å². The van der Waals surface area contributed by atoms with E-state index in [0.29, 0.717) is 23.4 Å². The van der Waals surface area contributed by atoms with Gasteiger partial charge in [-0.05, 0) is 18.6 Å². The Hall–Kier alpha value is -1.06. The Balaban J connectivity index is 2.37. The van der Waals surface area contributed by atoms with E-state index in [9.17, 15) is 0 Å². The molecule has 2 aromatic rings. The summed E-state index contributed by atoms with van der Waals surface area (Å²) in [5, 5.41) is 1.16. The first-order valence-electron chi connectivity index (χ1n) is 4.91. The molecule has 0 saturated carbocycles. The van der Waals surface area contributed by atoms with Crippen LogP contribution in [0.4, 0.5) is 0 Å². The van der Waals surface area contributed by atoms with Gasteiger partial charge in [-0.25, -0.2) is 9.97 Å². The lowest BCUT2D eigenvalue weighted by atomic mass is 10.2. The lowest BCUT2D eigenvalue weighted by molar-refractivity contribution is 0.322. The third kappa shape index (κ3) is 2.36. The lowest BCUT2D eigenvalue weighted by Gasteiger charge is -2.08. The molecule has 0 radical (unpaired) electrons. The molecule has 0 aliphatic rings. The van der Waals surface area contributed by atoms with Gasteiger partial charge in [0.25, 0.3) is 0 Å². The molecule has 0 bridgehead atoms. The third-order valence-corrected chi connectivity index (χ3v) is 2.67. The number of ether oxygens (including phenoxy) is 1. The highest BCUT2D eigenvalue weighted by molar-refractivity contribution is 6.34. The van der Waals surface area contributed by atoms with Crippen molar-refractivity contribution in [3.63, 3.8) is 0 Å². The first-order valence-corrected chi connectivity index (χ1v) is 5.82. The van der Waals surface area contributed by atoms with E-state index < -0.39 is 0 Å². The third-order valence-electron chi connectivity index (χ3n) is 2.11. The van der Waals surface area contributed by atoms with Gasteiger partial charge >= 0.3 is 0 Å². The van der Waals surface area contributed by atoms with Crippen molar-refractivity contribution in [3.8, 4) is 5.75 Å². The Labute approximate surface area is 103 Å². The number of benzene rings is 1. The van der Waals surface area contributed by atoms with Gasteiger partial charge in [0.15, 0.2) is 0 Å². The number of rotatable bonds is 4. The minimum atomic E-state index is 0.409. The molecule has 0 unspecified atom stereocenters. The van der Waals surface area contributed by atoms with Crippen molar-refractivity contribution >= 4 is 34.1 Å². The molecule has 0 atom stereocenters. The molecule has 0 fully saturated rings. The van der Waals surface area contributed by atoms with Crippen LogP contribution < -0.4 is 4.74 Å². The highest BCUT2D eigenvalue weighted by atomic mass is 35.5. The standard InChI is InChI=1S/C11H10Cl2N2O/c12-5-2-6-16-9-4-1-3-8-10(9)11(13)15-7-14-8/h1,3-4,7H,2,5-6H2. The molecule has 1 aromatic carbocycles. The summed E-state index contributed by atoms with van der Waals surface area (Å²) in [5.41, 5.74) is 0.781. The average molecular weight is 257 g/mol. The second-order valence-corrected chi connectivity index (χ2v) is 3.94. The van der Waals surface area contributed by atoms with Crippen LogP contribution in [0.1, 0.15) is 6.42 Å². The predicted molar refractivity (Wildman–Crippen MR) is 65.4 cm³/mol. The topological polar surface area (TPSA) is 35.0 Å². The molecule has 5 heteroatoms. The lowest BCUT2D eigenvalue weighted by Crippen LogP contribution is -1.99. The summed E-state index contributed by atoms with van der Waals surface area (Å²) in [6.07, 6.45) is 2.23. The van der Waals surface area contributed by atoms with Crippen LogP contribution >= 0.6 is 23.2 Å². The molecule has 0 spiro atoms. The normalized spacial score (nSPS) is 10.6. The van der Waals surface area contributed by atoms with E-state index in [1.165, 1.54) is 6.33 Å². The van der Waals surface area contributed by atoms with Gasteiger partial charge in [0.1, 0.15) is 17.2 Å². The van der Waals surface area contributed by atoms with Crippen LogP contribution in [-0.4, -0.2) is 22.5 Å². The zero-order valence-electron chi connectivity index (χ0n) is 8.49. The van der Waals surface area contributed by atoms with E-state index in [-0.39, 0.29) is 0 Å². The van der Waals surface area contributed by atoms with Crippen molar-refractivity contribution in [2.45, 2.75) is 6.42 Å². The summed E-state index contributed by atoms with van der Waals surface area (Å²) < 4.78 is 5.59. The highest BCUT2D eigenvalue weighted by Crippen LogP contribution is 2.29. The van der Waals surface area contributed by atoms with Gasteiger partial charge in [-0.1, -0.05) is 17.7 Å². The molecule has 0 saturated heterocycles. The predicted octanol–water partition coefficient (Wildman–Crippen LogP) is 3.29. The van der Waals surface area contributed by atoms with Crippen LogP contribution in [0.5, 0.6) is 5.75 Å². The van der Waals surface area contributed by atoms with Crippen LogP contribution in [0.2, 0.25) is 5.15 Å². The van der Waals surface area contributed by atoms with Crippen molar-refractivity contribution in [2.75, 3.05) is 12.5 Å². The van der Waals surface area contributed by atoms with Gasteiger partial charge in [-0.15, -0.1) is 11.6 Å². The smallest absolute Gasteiger partial charge is 0.144 e. The Morgan fingerprint density at radius 2 is 2.12 bits per heavy atom. The van der Waals surface area contributed by atoms with Gasteiger partial charge in [0, 0.05) is 5.88 Å². The van der Waals surface area contributed by atoms with E-state index >= 15 is 0 Å². The van der Waals surface area contributed by atoms with Crippen LogP contribution in [0.3, 0.4) is 0 Å². The fourth-order valence-electron chi connectivity index (χ4n) is 1.40. The fraction of sp³-hybridized carbons (Fsp3) is 0.273. The molecular formula is C11H10Cl2N2O. The van der Waals surface area contributed by atoms with Gasteiger partial charge in [0.05, 0.1) is 17.5 Å². The molecule has 0 aliphatic heterocycles. The minimum absolute atomic E-state index is 0.409. The van der Waals surface area contributed by atoms with E-state index in [4.69, 9.17) is 27.9 Å². The molecule has 2 rings (SSSR count). The highest BCUT2D eigenvalue weighted by Gasteiger charge is 2.07. The number of hydrogen-bond donors (Lipinski definition) is 0. The molecule has 1 heterocycles. The first-order chi connectivity index (χ1) is 7.83. The van der Waals surface area contributed by atoms with Crippen molar-refractivity contribution in [1.29, 1.82) is 0 Å². The number of nitrogens with zero attached hydrogens (tertiary/aromatic N) is 2. The number of hydrogen-bond acceptors (Lipinski definition) is 3. The number of aromatic nitrogens is 2. The first kappa shape index (κ1) is 11.4. The fourth-order valence-corrected chi connectivity index (χ4v) is 1.74. The quantitative estimate of drug-likeness (QED) is 0.479. The van der Waals surface area contributed by atoms with Gasteiger partial charge in [0.2, 0.25) is 0 Å². The summed E-state index contributed by atoms with van der Waals surface area (Å²) in [6, 6.07) is 5.60. The summed E-state index contributed by atoms with van der Waals surface area (Å²) >= 11 is 11.6. The molecule has 84 valence electrons. The summed E-state index contributed by atoms with van der Waals surface area (Å²) in [4.78, 5) is 8.07. The van der Waals surface area contributed by atoms with Crippen LogP contribution in [-0.2, 0) is 0 Å². The summed E-state index contributed by atoms with van der Waals surface area (Å²) in [7, 11) is 0. The second kappa shape index (κ2) is 5.32. The maximum Gasteiger partial charge on any atom is 0.144 e. The molecule has 0 aliphatic carbocycles. The van der Waals surface area contributed by atoms with Crippen LogP contribution in [0, 0.1) is 0 Å². The number of halogens is 2. The van der Waals surface area contributed by atoms with Crippen LogP contribution in [0.25, 0.3) is 10.9 Å². The van der Waals surface area contributed by atoms with E-state index in [1.807, 2.05) is 18.2 Å². The molecule has 16 heavy (non-hydrogen) atoms. The molecular weight excluding hydrogens is 247 g/mol. The largest absolute Gasteiger partial charge is 0.493 e. The monoisotopic (exact) mass is 256 g/mol. The van der Waals surface area contributed by atoms with Crippen molar-refractivity contribution in [2.24, 2.45) is 0 Å². The Morgan fingerprint density at radius 1 is 1.25 bits per heavy atom. The van der Waals surface area contributed by atoms with E-state index in [2.05, 4.69) is 9.97 Å². The Morgan fingerprint density at radius 3 is 2.94 bits per heavy atom. The minimum Gasteiger partial charge on any atom is -0.493 e. The SMILES string of the molecule is ClCCCOc1cccc2ncnc(Cl)c12. The zero-order chi connectivity index (χ0) is 11.4. The van der Waals surface area contributed by atoms with Crippen molar-refractivity contribution in [1.82, 2.24) is 9.97 Å². The van der Waals surface area contributed by atoms with E-state index in [1.54, 1.807) is 0 Å². The maximum atomic E-state index is 6.02. The Kier molecular flexibility index (Phi) is 3.80. The Bertz CT molecular complexity index is 485. The molecule has 0 N–H and O–H groups in total. The van der Waals surface area contributed by atoms with E-state index in [0.717, 1.165) is 17.3 Å². The maximum absolute atomic E-state index is 6.02. The molecule has 0 amide bonds. The second-order valence-electron chi connectivity index (χ2n) is 3.21. The summed E-state index contributed by atoms with van der Waals surface area (Å²) in [6.45, 7) is 0.563. The van der Waals surface area contributed by atoms with Gasteiger partial charge in [-0.3, -0.25) is 0 Å². The number of fused-ring (bicyclic) bond motifs is 1. The van der Waals surface area contributed by atoms with Gasteiger partial charge < -0.3 is 4.74 Å². The number of alkyl halides is 1. The van der Waals surface area contributed by atoms with Gasteiger partial charge in [-0.2, -0.15) is 0 Å². The molecule has 3 nitrogen and oxygen atoms in total. The summed E-state index contributed by atoms with van der Waals surface area (Å²) in [5.74, 6) is 1.28. The van der Waals surface area contributed by atoms with Crippen molar-refractivity contribution < 1.29 is 4.74 Å². The molecule has 1 aromatic heterocycles. The zero-order valence-corrected chi connectivity index (χ0v) is 10.0. The average Bonchev–Trinajstić information content (AvgIpc) is 2.30. The van der Waals surface area contributed by atoms with Crippen LogP contribution in [0.15, 0.2) is 24.5 Å².